The standard InChI is InChI=1S/C19H21ClN4OS/c1-12(23-26(25)19(3,4)5)15-11-24-18(16(20)13(2)22-24)21-17(15)14-9-7-6-8-10-14/h6-11,23H,1H2,2-5H3. The lowest BCUT2D eigenvalue weighted by Gasteiger charge is -2.25. The number of hydrogen-bond donors (Lipinski definition) is 1. The number of aromatic nitrogens is 3. The first-order valence-corrected chi connectivity index (χ1v) is 9.70. The number of rotatable bonds is 4. The van der Waals surface area contributed by atoms with Gasteiger partial charge in [-0.1, -0.05) is 48.5 Å². The van der Waals surface area contributed by atoms with Crippen LogP contribution in [0.2, 0.25) is 5.02 Å². The molecular formula is C19H21ClN4OS. The predicted octanol–water partition coefficient (Wildman–Crippen LogP) is 4.38. The lowest BCUT2D eigenvalue weighted by molar-refractivity contribution is 0.554. The van der Waals surface area contributed by atoms with Crippen LogP contribution >= 0.6 is 11.6 Å². The van der Waals surface area contributed by atoms with Gasteiger partial charge < -0.3 is 4.55 Å². The quantitative estimate of drug-likeness (QED) is 0.673. The molecule has 2 aromatic heterocycles. The summed E-state index contributed by atoms with van der Waals surface area (Å²) >= 11 is 5.05. The summed E-state index contributed by atoms with van der Waals surface area (Å²) in [4.78, 5) is 4.73. The van der Waals surface area contributed by atoms with Crippen LogP contribution in [0.15, 0.2) is 43.1 Å². The summed E-state index contributed by atoms with van der Waals surface area (Å²) in [5, 5.41) is 4.91. The molecular weight excluding hydrogens is 368 g/mol. The smallest absolute Gasteiger partial charge is 0.174 e. The van der Waals surface area contributed by atoms with Crippen molar-refractivity contribution in [2.45, 2.75) is 32.4 Å². The van der Waals surface area contributed by atoms with E-state index in [9.17, 15) is 4.55 Å². The van der Waals surface area contributed by atoms with Crippen LogP contribution in [0.4, 0.5) is 0 Å². The van der Waals surface area contributed by atoms with Gasteiger partial charge in [-0.25, -0.2) is 14.2 Å². The third-order valence-corrected chi connectivity index (χ3v) is 5.84. The molecule has 7 heteroatoms. The van der Waals surface area contributed by atoms with Gasteiger partial charge in [-0.15, -0.1) is 0 Å². The van der Waals surface area contributed by atoms with Crippen LogP contribution in [0.3, 0.4) is 0 Å². The van der Waals surface area contributed by atoms with Gasteiger partial charge in [0.1, 0.15) is 9.77 Å². The highest BCUT2D eigenvalue weighted by Crippen LogP contribution is 2.30. The fraction of sp³-hybridized carbons (Fsp3) is 0.263. The maximum Gasteiger partial charge on any atom is 0.174 e. The molecule has 2 heterocycles. The zero-order valence-electron chi connectivity index (χ0n) is 15.2. The molecule has 0 saturated carbocycles. The van der Waals surface area contributed by atoms with Crippen LogP contribution in [0.1, 0.15) is 32.0 Å². The van der Waals surface area contributed by atoms with Crippen LogP contribution in [0.5, 0.6) is 0 Å². The molecule has 0 aliphatic heterocycles. The molecule has 26 heavy (non-hydrogen) atoms. The van der Waals surface area contributed by atoms with E-state index in [1.54, 1.807) is 4.52 Å². The van der Waals surface area contributed by atoms with Gasteiger partial charge >= 0.3 is 0 Å². The van der Waals surface area contributed by atoms with Crippen molar-refractivity contribution in [3.8, 4) is 11.3 Å². The maximum atomic E-state index is 12.5. The molecule has 0 spiro atoms. The minimum absolute atomic E-state index is 0.418. The van der Waals surface area contributed by atoms with Crippen molar-refractivity contribution in [1.29, 1.82) is 0 Å². The molecule has 3 aromatic rings. The average molecular weight is 389 g/mol. The minimum atomic E-state index is -1.30. The Morgan fingerprint density at radius 3 is 2.54 bits per heavy atom. The fourth-order valence-electron chi connectivity index (χ4n) is 2.41. The van der Waals surface area contributed by atoms with E-state index in [1.165, 1.54) is 0 Å². The molecule has 0 aliphatic rings. The van der Waals surface area contributed by atoms with Crippen LogP contribution in [0, 0.1) is 6.92 Å². The Balaban J connectivity index is 2.15. The third kappa shape index (κ3) is 3.58. The van der Waals surface area contributed by atoms with E-state index in [0.717, 1.165) is 11.1 Å². The van der Waals surface area contributed by atoms with E-state index in [-0.39, 0.29) is 0 Å². The molecule has 136 valence electrons. The molecule has 1 aromatic carbocycles. The number of nitrogens with one attached hydrogen (secondary N) is 1. The molecule has 5 nitrogen and oxygen atoms in total. The lowest BCUT2D eigenvalue weighted by Crippen LogP contribution is -2.38. The second-order valence-electron chi connectivity index (χ2n) is 7.00. The molecule has 0 amide bonds. The number of hydrogen-bond acceptors (Lipinski definition) is 4. The van der Waals surface area contributed by atoms with E-state index < -0.39 is 16.1 Å². The SMILES string of the molecule is C=C(N[S+]([O-])C(C)(C)C)c1cn2nc(C)c(Cl)c2nc1-c1ccccc1. The third-order valence-electron chi connectivity index (χ3n) is 3.86. The van der Waals surface area contributed by atoms with Gasteiger partial charge in [0.05, 0.1) is 28.4 Å². The van der Waals surface area contributed by atoms with Gasteiger partial charge in [0.25, 0.3) is 0 Å². The molecule has 0 fully saturated rings. The first kappa shape index (κ1) is 18.8. The van der Waals surface area contributed by atoms with Gasteiger partial charge in [0.2, 0.25) is 0 Å². The maximum absolute atomic E-state index is 12.5. The van der Waals surface area contributed by atoms with Crippen molar-refractivity contribution >= 4 is 34.3 Å². The Kier molecular flexibility index (Phi) is 5.01. The summed E-state index contributed by atoms with van der Waals surface area (Å²) in [5.41, 5.74) is 4.16. The highest BCUT2D eigenvalue weighted by atomic mass is 35.5. The molecule has 0 bridgehead atoms. The Labute approximate surface area is 161 Å². The van der Waals surface area contributed by atoms with Gasteiger partial charge in [0.15, 0.2) is 5.65 Å². The second kappa shape index (κ2) is 6.95. The number of benzene rings is 1. The second-order valence-corrected chi connectivity index (χ2v) is 9.34. The van der Waals surface area contributed by atoms with Crippen LogP contribution in [0.25, 0.3) is 22.6 Å². The van der Waals surface area contributed by atoms with E-state index in [1.807, 2.05) is 64.2 Å². The fourth-order valence-corrected chi connectivity index (χ4v) is 3.22. The Hall–Kier alpha value is -2.02. The van der Waals surface area contributed by atoms with Crippen molar-refractivity contribution < 1.29 is 4.55 Å². The van der Waals surface area contributed by atoms with Crippen molar-refractivity contribution in [3.05, 3.63) is 59.4 Å². The van der Waals surface area contributed by atoms with Crippen LogP contribution in [-0.4, -0.2) is 23.9 Å². The summed E-state index contributed by atoms with van der Waals surface area (Å²) in [5.74, 6) is 0. The van der Waals surface area contributed by atoms with E-state index in [0.29, 0.717) is 27.8 Å². The predicted molar refractivity (Wildman–Crippen MR) is 108 cm³/mol. The largest absolute Gasteiger partial charge is 0.593 e. The number of nitrogens with zero attached hydrogens (tertiary/aromatic N) is 3. The summed E-state index contributed by atoms with van der Waals surface area (Å²) in [6.07, 6.45) is 1.82. The van der Waals surface area contributed by atoms with Crippen molar-refractivity contribution in [2.24, 2.45) is 0 Å². The molecule has 1 unspecified atom stereocenters. The molecule has 0 saturated heterocycles. The van der Waals surface area contributed by atoms with Crippen LogP contribution < -0.4 is 4.72 Å². The summed E-state index contributed by atoms with van der Waals surface area (Å²) < 4.78 is 16.7. The molecule has 3 rings (SSSR count). The highest BCUT2D eigenvalue weighted by molar-refractivity contribution is 7.91. The Bertz CT molecular complexity index is 963. The van der Waals surface area contributed by atoms with E-state index in [4.69, 9.17) is 16.6 Å². The summed E-state index contributed by atoms with van der Waals surface area (Å²) in [6, 6.07) is 9.76. The number of fused-ring (bicyclic) bond motifs is 1. The van der Waals surface area contributed by atoms with E-state index >= 15 is 0 Å². The molecule has 1 atom stereocenters. The minimum Gasteiger partial charge on any atom is -0.593 e. The highest BCUT2D eigenvalue weighted by Gasteiger charge is 2.28. The summed E-state index contributed by atoms with van der Waals surface area (Å²) in [7, 11) is 0. The Morgan fingerprint density at radius 2 is 1.92 bits per heavy atom. The first-order valence-electron chi connectivity index (χ1n) is 8.17. The first-order chi connectivity index (χ1) is 12.2. The van der Waals surface area contributed by atoms with Gasteiger partial charge in [0, 0.05) is 17.3 Å². The number of halogens is 1. The topological polar surface area (TPSA) is 65.3 Å². The van der Waals surface area contributed by atoms with Crippen molar-refractivity contribution in [2.75, 3.05) is 0 Å². The Morgan fingerprint density at radius 1 is 1.27 bits per heavy atom. The van der Waals surface area contributed by atoms with Gasteiger partial charge in [-0.2, -0.15) is 5.10 Å². The molecule has 0 radical (unpaired) electrons. The average Bonchev–Trinajstić information content (AvgIpc) is 2.87. The normalized spacial score (nSPS) is 13.0. The van der Waals surface area contributed by atoms with E-state index in [2.05, 4.69) is 16.4 Å². The molecule has 1 N–H and O–H groups in total. The monoisotopic (exact) mass is 388 g/mol. The number of aryl methyl sites for hydroxylation is 1. The van der Waals surface area contributed by atoms with Crippen molar-refractivity contribution in [1.82, 2.24) is 19.3 Å². The zero-order valence-corrected chi connectivity index (χ0v) is 16.8. The summed E-state index contributed by atoms with van der Waals surface area (Å²) in [6.45, 7) is 11.6. The van der Waals surface area contributed by atoms with Crippen molar-refractivity contribution in [3.63, 3.8) is 0 Å². The van der Waals surface area contributed by atoms with Gasteiger partial charge in [-0.3, -0.25) is 0 Å². The molecule has 0 aliphatic carbocycles. The lowest BCUT2D eigenvalue weighted by atomic mass is 10.1. The zero-order chi connectivity index (χ0) is 19.1. The van der Waals surface area contributed by atoms with Crippen LogP contribution in [-0.2, 0) is 11.4 Å². The van der Waals surface area contributed by atoms with Gasteiger partial charge in [-0.05, 0) is 27.7 Å².